The molecule has 2 fully saturated rings. The van der Waals surface area contributed by atoms with Crippen LogP contribution in [0.5, 0.6) is 5.75 Å². The summed E-state index contributed by atoms with van der Waals surface area (Å²) >= 11 is 0. The number of aryl methyl sites for hydroxylation is 1. The number of hydrogen-bond acceptors (Lipinski definition) is 5. The molecule has 2 saturated heterocycles. The first kappa shape index (κ1) is 20.1. The Hall–Kier alpha value is -2.87. The van der Waals surface area contributed by atoms with Gasteiger partial charge in [0.05, 0.1) is 19.0 Å². The van der Waals surface area contributed by atoms with Crippen LogP contribution in [0.4, 0.5) is 10.5 Å². The molecule has 8 nitrogen and oxygen atoms in total. The minimum Gasteiger partial charge on any atom is -0.496 e. The molecule has 2 aromatic rings. The SMILES string of the molecule is COc1ccc(-c2cnn(C)c2)c2c1CC(NC(=O)N1CCC3(CCOCC3)CC1)=N2. The molecule has 1 N–H and O–H groups in total. The van der Waals surface area contributed by atoms with Gasteiger partial charge in [-0.25, -0.2) is 9.79 Å². The van der Waals surface area contributed by atoms with Gasteiger partial charge < -0.3 is 14.4 Å². The van der Waals surface area contributed by atoms with Crippen LogP contribution in [0.25, 0.3) is 11.1 Å². The summed E-state index contributed by atoms with van der Waals surface area (Å²) in [5.41, 5.74) is 4.20. The lowest BCUT2D eigenvalue weighted by Crippen LogP contribution is -2.49. The number of piperidine rings is 1. The van der Waals surface area contributed by atoms with Crippen molar-refractivity contribution in [2.45, 2.75) is 32.1 Å². The van der Waals surface area contributed by atoms with Gasteiger partial charge in [0, 0.05) is 62.7 Å². The van der Waals surface area contributed by atoms with Crippen molar-refractivity contribution in [3.63, 3.8) is 0 Å². The molecular formula is C23H29N5O3. The number of urea groups is 1. The second-order valence-electron chi connectivity index (χ2n) is 8.81. The summed E-state index contributed by atoms with van der Waals surface area (Å²) in [6, 6.07) is 3.90. The van der Waals surface area contributed by atoms with Gasteiger partial charge in [-0.05, 0) is 43.2 Å². The van der Waals surface area contributed by atoms with Crippen LogP contribution in [-0.4, -0.2) is 60.0 Å². The molecule has 1 aromatic carbocycles. The Morgan fingerprint density at radius 2 is 1.97 bits per heavy atom. The smallest absolute Gasteiger partial charge is 0.322 e. The van der Waals surface area contributed by atoms with Crippen LogP contribution < -0.4 is 10.1 Å². The van der Waals surface area contributed by atoms with Gasteiger partial charge in [0.15, 0.2) is 0 Å². The highest BCUT2D eigenvalue weighted by atomic mass is 16.5. The van der Waals surface area contributed by atoms with Gasteiger partial charge in [0.2, 0.25) is 0 Å². The number of amidine groups is 1. The predicted octanol–water partition coefficient (Wildman–Crippen LogP) is 3.28. The van der Waals surface area contributed by atoms with E-state index in [0.717, 1.165) is 80.1 Å². The molecule has 0 bridgehead atoms. The Balaban J connectivity index is 1.30. The number of amides is 2. The molecule has 0 aliphatic carbocycles. The summed E-state index contributed by atoms with van der Waals surface area (Å²) in [5.74, 6) is 1.45. The highest BCUT2D eigenvalue weighted by molar-refractivity contribution is 6.04. The van der Waals surface area contributed by atoms with Gasteiger partial charge in [0.1, 0.15) is 11.6 Å². The first-order chi connectivity index (χ1) is 15.1. The van der Waals surface area contributed by atoms with E-state index in [2.05, 4.69) is 10.4 Å². The fourth-order valence-corrected chi connectivity index (χ4v) is 5.01. The number of hydrogen-bond donors (Lipinski definition) is 1. The lowest BCUT2D eigenvalue weighted by Gasteiger charge is -2.43. The molecular weight excluding hydrogens is 394 g/mol. The molecule has 1 aromatic heterocycles. The lowest BCUT2D eigenvalue weighted by atomic mass is 9.72. The maximum atomic E-state index is 13.0. The van der Waals surface area contributed by atoms with Crippen LogP contribution in [0, 0.1) is 5.41 Å². The number of nitrogens with one attached hydrogen (secondary N) is 1. The van der Waals surface area contributed by atoms with E-state index >= 15 is 0 Å². The molecule has 0 saturated carbocycles. The summed E-state index contributed by atoms with van der Waals surface area (Å²) in [5, 5.41) is 7.34. The zero-order valence-corrected chi connectivity index (χ0v) is 18.2. The zero-order valence-electron chi connectivity index (χ0n) is 18.2. The van der Waals surface area contributed by atoms with E-state index in [0.29, 0.717) is 17.7 Å². The fourth-order valence-electron chi connectivity index (χ4n) is 5.01. The topological polar surface area (TPSA) is 81.0 Å². The second-order valence-corrected chi connectivity index (χ2v) is 8.81. The summed E-state index contributed by atoms with van der Waals surface area (Å²) in [7, 11) is 3.56. The Morgan fingerprint density at radius 3 is 2.65 bits per heavy atom. The van der Waals surface area contributed by atoms with E-state index in [1.807, 2.05) is 36.5 Å². The first-order valence-electron chi connectivity index (χ1n) is 11.0. The number of nitrogens with zero attached hydrogens (tertiary/aromatic N) is 4. The highest BCUT2D eigenvalue weighted by Gasteiger charge is 2.37. The minimum absolute atomic E-state index is 0.0599. The molecule has 0 radical (unpaired) electrons. The van der Waals surface area contributed by atoms with Gasteiger partial charge in [0.25, 0.3) is 0 Å². The van der Waals surface area contributed by atoms with Gasteiger partial charge >= 0.3 is 6.03 Å². The summed E-state index contributed by atoms with van der Waals surface area (Å²) in [4.78, 5) is 19.7. The molecule has 4 heterocycles. The predicted molar refractivity (Wildman–Crippen MR) is 118 cm³/mol. The number of ether oxygens (including phenoxy) is 2. The maximum Gasteiger partial charge on any atom is 0.322 e. The first-order valence-corrected chi connectivity index (χ1v) is 11.0. The molecule has 5 rings (SSSR count). The van der Waals surface area contributed by atoms with Crippen LogP contribution in [-0.2, 0) is 18.2 Å². The van der Waals surface area contributed by atoms with Gasteiger partial charge in [-0.1, -0.05) is 0 Å². The Labute approximate surface area is 182 Å². The largest absolute Gasteiger partial charge is 0.496 e. The monoisotopic (exact) mass is 423 g/mol. The van der Waals surface area contributed by atoms with E-state index in [9.17, 15) is 4.79 Å². The quantitative estimate of drug-likeness (QED) is 0.804. The molecule has 164 valence electrons. The van der Waals surface area contributed by atoms with E-state index in [4.69, 9.17) is 14.5 Å². The van der Waals surface area contributed by atoms with E-state index in [1.54, 1.807) is 11.8 Å². The number of fused-ring (bicyclic) bond motifs is 1. The number of carbonyl (C=O) groups excluding carboxylic acids is 1. The Morgan fingerprint density at radius 1 is 1.19 bits per heavy atom. The van der Waals surface area contributed by atoms with Crippen LogP contribution in [0.1, 0.15) is 31.2 Å². The standard InChI is InChI=1S/C23H29N5O3/c1-27-15-16(14-24-27)17-3-4-19(30-2)18-13-20(25-21(17)18)26-22(29)28-9-5-23(6-10-28)7-11-31-12-8-23/h3-4,14-15H,5-13H2,1-2H3,(H,25,26,29). The van der Waals surface area contributed by atoms with Gasteiger partial charge in [-0.2, -0.15) is 5.10 Å². The van der Waals surface area contributed by atoms with Crippen LogP contribution in [0.15, 0.2) is 29.5 Å². The third kappa shape index (κ3) is 3.80. The molecule has 0 atom stereocenters. The van der Waals surface area contributed by atoms with Crippen molar-refractivity contribution in [1.29, 1.82) is 0 Å². The van der Waals surface area contributed by atoms with Crippen LogP contribution >= 0.6 is 0 Å². The second kappa shape index (κ2) is 8.00. The molecule has 31 heavy (non-hydrogen) atoms. The van der Waals surface area contributed by atoms with Crippen molar-refractivity contribution >= 4 is 17.6 Å². The number of benzene rings is 1. The number of aliphatic imine (C=N–C) groups is 1. The van der Waals surface area contributed by atoms with Gasteiger partial charge in [-0.3, -0.25) is 10.00 Å². The minimum atomic E-state index is -0.0599. The average Bonchev–Trinajstić information content (AvgIpc) is 3.40. The van der Waals surface area contributed by atoms with Gasteiger partial charge in [-0.15, -0.1) is 0 Å². The zero-order chi connectivity index (χ0) is 21.4. The third-order valence-electron chi connectivity index (χ3n) is 6.98. The number of rotatable bonds is 2. The van der Waals surface area contributed by atoms with Crippen molar-refractivity contribution in [3.05, 3.63) is 30.1 Å². The number of likely N-dealkylation sites (tertiary alicyclic amines) is 1. The van der Waals surface area contributed by atoms with Crippen LogP contribution in [0.2, 0.25) is 0 Å². The molecule has 3 aliphatic heterocycles. The van der Waals surface area contributed by atoms with Crippen LogP contribution in [0.3, 0.4) is 0 Å². The maximum absolute atomic E-state index is 13.0. The summed E-state index contributed by atoms with van der Waals surface area (Å²) in [6.07, 6.45) is 8.67. The highest BCUT2D eigenvalue weighted by Crippen LogP contribution is 2.42. The van der Waals surface area contributed by atoms with Crippen molar-refractivity contribution in [2.24, 2.45) is 17.5 Å². The number of aromatic nitrogens is 2. The Kier molecular flexibility index (Phi) is 5.17. The van der Waals surface area contributed by atoms with Crippen molar-refractivity contribution < 1.29 is 14.3 Å². The Bertz CT molecular complexity index is 1010. The number of carbonyl (C=O) groups is 1. The molecule has 3 aliphatic rings. The fraction of sp³-hybridized carbons (Fsp3) is 0.522. The normalized spacial score (nSPS) is 19.8. The molecule has 0 unspecified atom stereocenters. The average molecular weight is 424 g/mol. The third-order valence-corrected chi connectivity index (χ3v) is 6.98. The van der Waals surface area contributed by atoms with Crippen molar-refractivity contribution in [1.82, 2.24) is 20.0 Å². The molecule has 1 spiro atoms. The molecule has 2 amide bonds. The van der Waals surface area contributed by atoms with E-state index < -0.39 is 0 Å². The van der Waals surface area contributed by atoms with Crippen molar-refractivity contribution in [2.75, 3.05) is 33.4 Å². The van der Waals surface area contributed by atoms with Crippen molar-refractivity contribution in [3.8, 4) is 16.9 Å². The summed E-state index contributed by atoms with van der Waals surface area (Å²) in [6.45, 7) is 3.28. The van der Waals surface area contributed by atoms with E-state index in [-0.39, 0.29) is 6.03 Å². The number of methoxy groups -OCH3 is 1. The summed E-state index contributed by atoms with van der Waals surface area (Å²) < 4.78 is 12.9. The van der Waals surface area contributed by atoms with E-state index in [1.165, 1.54) is 0 Å². The lowest BCUT2D eigenvalue weighted by molar-refractivity contribution is -0.0142. The molecule has 8 heteroatoms.